The highest BCUT2D eigenvalue weighted by Crippen LogP contribution is 2.31. The number of likely N-dealkylation sites (tertiary alicyclic amines) is 2. The number of carbonyl (C=O) groups excluding carboxylic acids is 2. The van der Waals surface area contributed by atoms with E-state index >= 15 is 0 Å². The van der Waals surface area contributed by atoms with E-state index in [1.807, 2.05) is 102 Å². The summed E-state index contributed by atoms with van der Waals surface area (Å²) in [7, 11) is 0. The lowest BCUT2D eigenvalue weighted by Crippen LogP contribution is -2.42. The largest absolute Gasteiger partial charge is 0.508 e. The molecule has 4 aliphatic rings. The van der Waals surface area contributed by atoms with Crippen LogP contribution in [-0.4, -0.2) is 126 Å². The number of carbonyl (C=O) groups is 2. The van der Waals surface area contributed by atoms with Gasteiger partial charge in [0.1, 0.15) is 65.5 Å². The Bertz CT molecular complexity index is 2630. The summed E-state index contributed by atoms with van der Waals surface area (Å²) in [5.74, 6) is 5.49. The summed E-state index contributed by atoms with van der Waals surface area (Å²) < 4.78 is 41.1. The molecule has 0 bridgehead atoms. The molecule has 16 heteroatoms. The van der Waals surface area contributed by atoms with Crippen molar-refractivity contribution in [1.29, 1.82) is 0 Å². The first-order valence-electron chi connectivity index (χ1n) is 28.6. The number of rotatable bonds is 19. The highest BCUT2D eigenvalue weighted by atomic mass is 16.6. The Labute approximate surface area is 468 Å². The molecule has 0 spiro atoms. The second kappa shape index (κ2) is 28.2. The average molecular weight is 1090 g/mol. The van der Waals surface area contributed by atoms with Crippen molar-refractivity contribution in [2.75, 3.05) is 75.5 Å². The first kappa shape index (κ1) is 58.1. The summed E-state index contributed by atoms with van der Waals surface area (Å²) in [6.07, 6.45) is 17.0. The minimum atomic E-state index is -0.505. The van der Waals surface area contributed by atoms with Crippen LogP contribution in [0, 0.1) is 11.8 Å². The Kier molecular flexibility index (Phi) is 20.7. The van der Waals surface area contributed by atoms with E-state index in [-0.39, 0.29) is 30.0 Å². The standard InChI is InChI=1S/C35H45N3O5.C28H39N3O5/c1-35(2,3)43-34(39)38-18-7-10-29(38)26-42-33-22-30(23-36-24-33)37-19-15-27(16-20-37)17-21-40-31-11-13-32(14-12-31)41-25-28-8-5-4-6-9-28;1-28(2,3)36-27(33)31-13-4-5-22(31)20-35-26-17-23(18-29-19-26)30-14-10-21(11-15-30)12-16-34-25-8-6-24(32)7-9-25/h4-6,8-9,11-14,22-24,27,29H,7,10,15-21,25-26H2,1-3H3;6-9,17-19,21-22,32H,4-5,10-16,20H2,1-3H3/t29-;22-/m00/s1. The van der Waals surface area contributed by atoms with Crippen LogP contribution in [0.25, 0.3) is 0 Å². The monoisotopic (exact) mass is 1080 g/mol. The lowest BCUT2D eigenvalue weighted by Gasteiger charge is -2.33. The molecule has 5 aromatic rings. The van der Waals surface area contributed by atoms with Gasteiger partial charge in [-0.2, -0.15) is 0 Å². The van der Waals surface area contributed by atoms with Crippen LogP contribution in [0.2, 0.25) is 0 Å². The zero-order valence-corrected chi connectivity index (χ0v) is 47.4. The van der Waals surface area contributed by atoms with E-state index in [9.17, 15) is 14.7 Å². The van der Waals surface area contributed by atoms with Gasteiger partial charge < -0.3 is 57.9 Å². The van der Waals surface area contributed by atoms with Crippen LogP contribution in [0.1, 0.15) is 111 Å². The number of phenols is 1. The molecule has 0 saturated carbocycles. The molecular formula is C63H84N6O10. The SMILES string of the molecule is CC(C)(C)OC(=O)N1CCC[C@H]1COc1cncc(N2CCC(CCOc3ccc(O)cc3)CC2)c1.CC(C)(C)OC(=O)N1CCC[C@H]1COc1cncc(N2CCC(CCOc3ccc(OCc4ccccc4)cc3)CC2)c1. The van der Waals surface area contributed by atoms with Crippen LogP contribution in [0.5, 0.6) is 34.5 Å². The average Bonchev–Trinajstić information content (AvgIpc) is 4.14. The fraction of sp³-hybridized carbons (Fsp3) is 0.524. The van der Waals surface area contributed by atoms with E-state index in [1.54, 1.807) is 46.5 Å². The molecule has 9 rings (SSSR count). The summed E-state index contributed by atoms with van der Waals surface area (Å²) >= 11 is 0. The molecule has 0 unspecified atom stereocenters. The predicted molar refractivity (Wildman–Crippen MR) is 307 cm³/mol. The Hall–Kier alpha value is -7.10. The van der Waals surface area contributed by atoms with Crippen LogP contribution in [0.15, 0.2) is 116 Å². The molecule has 1 N–H and O–H groups in total. The normalized spacial score (nSPS) is 18.1. The third kappa shape index (κ3) is 18.8. The van der Waals surface area contributed by atoms with Crippen LogP contribution in [0.3, 0.4) is 0 Å². The van der Waals surface area contributed by atoms with E-state index in [2.05, 4.69) is 38.0 Å². The van der Waals surface area contributed by atoms with Gasteiger partial charge in [0.25, 0.3) is 0 Å². The van der Waals surface area contributed by atoms with E-state index in [1.165, 1.54) is 0 Å². The molecule has 4 saturated heterocycles. The number of aromatic nitrogens is 2. The van der Waals surface area contributed by atoms with E-state index in [0.717, 1.165) is 136 Å². The number of amides is 2. The maximum Gasteiger partial charge on any atom is 0.410 e. The van der Waals surface area contributed by atoms with Gasteiger partial charge in [-0.1, -0.05) is 30.3 Å². The molecule has 4 fully saturated rings. The lowest BCUT2D eigenvalue weighted by atomic mass is 9.94. The maximum atomic E-state index is 12.6. The second-order valence-electron chi connectivity index (χ2n) is 23.2. The molecule has 4 aliphatic heterocycles. The summed E-state index contributed by atoms with van der Waals surface area (Å²) in [6, 6.07) is 29.1. The van der Waals surface area contributed by atoms with Crippen molar-refractivity contribution in [1.82, 2.24) is 19.8 Å². The van der Waals surface area contributed by atoms with Crippen LogP contribution in [-0.2, 0) is 16.1 Å². The fourth-order valence-corrected chi connectivity index (χ4v) is 10.4. The summed E-state index contributed by atoms with van der Waals surface area (Å²) in [5, 5.41) is 9.37. The minimum Gasteiger partial charge on any atom is -0.508 e. The molecule has 6 heterocycles. The van der Waals surface area contributed by atoms with Gasteiger partial charge in [0.15, 0.2) is 0 Å². The van der Waals surface area contributed by atoms with Crippen molar-refractivity contribution in [3.8, 4) is 34.5 Å². The highest BCUT2D eigenvalue weighted by molar-refractivity contribution is 5.69. The van der Waals surface area contributed by atoms with E-state index < -0.39 is 11.2 Å². The number of piperidine rings is 2. The number of aromatic hydroxyl groups is 1. The number of anilines is 2. The minimum absolute atomic E-state index is 0.0161. The number of benzene rings is 3. The molecule has 2 aromatic heterocycles. The van der Waals surface area contributed by atoms with Gasteiger partial charge in [0.05, 0.1) is 61.5 Å². The van der Waals surface area contributed by atoms with E-state index in [0.29, 0.717) is 58.0 Å². The molecule has 426 valence electrons. The van der Waals surface area contributed by atoms with Gasteiger partial charge in [-0.15, -0.1) is 0 Å². The Morgan fingerprint density at radius 3 is 1.35 bits per heavy atom. The number of hydrogen-bond donors (Lipinski definition) is 1. The van der Waals surface area contributed by atoms with Gasteiger partial charge in [-0.25, -0.2) is 9.59 Å². The van der Waals surface area contributed by atoms with Crippen molar-refractivity contribution in [3.05, 3.63) is 121 Å². The van der Waals surface area contributed by atoms with Gasteiger partial charge in [-0.3, -0.25) is 9.97 Å². The van der Waals surface area contributed by atoms with Crippen molar-refractivity contribution >= 4 is 23.6 Å². The molecule has 3 aromatic carbocycles. The van der Waals surface area contributed by atoms with Gasteiger partial charge in [-0.05, 0) is 172 Å². The van der Waals surface area contributed by atoms with Crippen LogP contribution >= 0.6 is 0 Å². The third-order valence-electron chi connectivity index (χ3n) is 14.8. The Morgan fingerprint density at radius 2 is 0.924 bits per heavy atom. The first-order valence-corrected chi connectivity index (χ1v) is 28.6. The summed E-state index contributed by atoms with van der Waals surface area (Å²) in [4.78, 5) is 42.3. The predicted octanol–water partition coefficient (Wildman–Crippen LogP) is 12.4. The zero-order chi connectivity index (χ0) is 55.6. The Morgan fingerprint density at radius 1 is 0.506 bits per heavy atom. The van der Waals surface area contributed by atoms with Crippen molar-refractivity contribution < 1.29 is 47.9 Å². The van der Waals surface area contributed by atoms with Crippen LogP contribution < -0.4 is 33.5 Å². The number of hydrogen-bond acceptors (Lipinski definition) is 14. The zero-order valence-electron chi connectivity index (χ0n) is 47.4. The van der Waals surface area contributed by atoms with Gasteiger partial charge in [0, 0.05) is 51.4 Å². The molecular weight excluding hydrogens is 1000 g/mol. The topological polar surface area (TPSA) is 158 Å². The summed E-state index contributed by atoms with van der Waals surface area (Å²) in [6.45, 7) is 19.5. The molecule has 2 atom stereocenters. The molecule has 16 nitrogen and oxygen atoms in total. The number of phenolic OH excluding ortho intramolecular Hbond substituents is 1. The quantitative estimate of drug-likeness (QED) is 0.0833. The summed E-state index contributed by atoms with van der Waals surface area (Å²) in [5.41, 5.74) is 2.29. The molecule has 0 radical (unpaired) electrons. The fourth-order valence-electron chi connectivity index (χ4n) is 10.4. The smallest absolute Gasteiger partial charge is 0.410 e. The lowest BCUT2D eigenvalue weighted by molar-refractivity contribution is 0.0177. The van der Waals surface area contributed by atoms with Gasteiger partial charge in [0.2, 0.25) is 0 Å². The van der Waals surface area contributed by atoms with E-state index in [4.69, 9.17) is 33.2 Å². The van der Waals surface area contributed by atoms with Crippen molar-refractivity contribution in [2.24, 2.45) is 11.8 Å². The van der Waals surface area contributed by atoms with Gasteiger partial charge >= 0.3 is 12.2 Å². The molecule has 79 heavy (non-hydrogen) atoms. The number of nitrogens with zero attached hydrogens (tertiary/aromatic N) is 6. The molecule has 0 aliphatic carbocycles. The van der Waals surface area contributed by atoms with Crippen LogP contribution in [0.4, 0.5) is 21.0 Å². The maximum absolute atomic E-state index is 12.6. The second-order valence-corrected chi connectivity index (χ2v) is 23.2. The Balaban J connectivity index is 0.000000211. The molecule has 2 amide bonds. The van der Waals surface area contributed by atoms with Crippen molar-refractivity contribution in [2.45, 2.75) is 136 Å². The number of pyridine rings is 2. The first-order chi connectivity index (χ1) is 38.1. The number of ether oxygens (including phenoxy) is 7. The van der Waals surface area contributed by atoms with Crippen molar-refractivity contribution in [3.63, 3.8) is 0 Å². The third-order valence-corrected chi connectivity index (χ3v) is 14.8. The highest BCUT2D eigenvalue weighted by Gasteiger charge is 2.34.